The van der Waals surface area contributed by atoms with E-state index in [0.29, 0.717) is 11.5 Å². The topological polar surface area (TPSA) is 9.23 Å². The Bertz CT molecular complexity index is 270. The molecule has 0 atom stereocenters. The maximum absolute atomic E-state index is 5.75. The molecule has 0 saturated heterocycles. The van der Waals surface area contributed by atoms with Gasteiger partial charge in [-0.2, -0.15) is 0 Å². The molecular formula is C16H26O. The summed E-state index contributed by atoms with van der Waals surface area (Å²) < 4.78 is 5.75. The molecular weight excluding hydrogens is 208 g/mol. The molecule has 1 nitrogen and oxygen atoms in total. The molecule has 0 aromatic carbocycles. The van der Waals surface area contributed by atoms with Crippen LogP contribution >= 0.6 is 0 Å². The Kier molecular flexibility index (Phi) is 3.30. The average Bonchev–Trinajstić information content (AvgIpc) is 3.12. The molecule has 0 aliphatic heterocycles. The van der Waals surface area contributed by atoms with Gasteiger partial charge in [-0.3, -0.25) is 0 Å². The van der Waals surface area contributed by atoms with Gasteiger partial charge in [-0.1, -0.05) is 12.2 Å². The largest absolute Gasteiger partial charge is 0.379 e. The first kappa shape index (κ1) is 11.8. The van der Waals surface area contributed by atoms with E-state index in [-0.39, 0.29) is 0 Å². The van der Waals surface area contributed by atoms with Gasteiger partial charge < -0.3 is 4.74 Å². The molecule has 0 N–H and O–H groups in total. The van der Waals surface area contributed by atoms with Crippen molar-refractivity contribution in [1.82, 2.24) is 0 Å². The summed E-state index contributed by atoms with van der Waals surface area (Å²) in [6.07, 6.45) is 16.8. The molecule has 2 saturated carbocycles. The lowest BCUT2D eigenvalue weighted by Gasteiger charge is -2.38. The van der Waals surface area contributed by atoms with Crippen molar-refractivity contribution in [2.24, 2.45) is 17.3 Å². The normalized spacial score (nSPS) is 36.3. The van der Waals surface area contributed by atoms with E-state index in [1.54, 1.807) is 0 Å². The molecule has 1 heteroatoms. The van der Waals surface area contributed by atoms with Crippen LogP contribution in [0.2, 0.25) is 0 Å². The Balaban J connectivity index is 1.44. The lowest BCUT2D eigenvalue weighted by atomic mass is 9.69. The van der Waals surface area contributed by atoms with E-state index >= 15 is 0 Å². The molecule has 0 aromatic heterocycles. The summed E-state index contributed by atoms with van der Waals surface area (Å²) in [7, 11) is 0. The Morgan fingerprint density at radius 3 is 2.06 bits per heavy atom. The van der Waals surface area contributed by atoms with Crippen LogP contribution in [0, 0.1) is 17.3 Å². The van der Waals surface area contributed by atoms with Crippen molar-refractivity contribution in [2.75, 3.05) is 6.61 Å². The van der Waals surface area contributed by atoms with Crippen LogP contribution in [0.4, 0.5) is 0 Å². The SMILES string of the molecule is CCOC1CCC(C2CCC3(C=C3)CC2)CC1. The van der Waals surface area contributed by atoms with E-state index in [1.165, 1.54) is 51.4 Å². The first-order chi connectivity index (χ1) is 8.31. The van der Waals surface area contributed by atoms with Crippen molar-refractivity contribution >= 4 is 0 Å². The third-order valence-corrected chi connectivity index (χ3v) is 5.39. The Morgan fingerprint density at radius 1 is 0.941 bits per heavy atom. The maximum Gasteiger partial charge on any atom is 0.0575 e. The number of rotatable bonds is 3. The van der Waals surface area contributed by atoms with Crippen LogP contribution in [0.3, 0.4) is 0 Å². The highest BCUT2D eigenvalue weighted by atomic mass is 16.5. The van der Waals surface area contributed by atoms with E-state index in [9.17, 15) is 0 Å². The van der Waals surface area contributed by atoms with Gasteiger partial charge in [0.1, 0.15) is 0 Å². The number of ether oxygens (including phenoxy) is 1. The summed E-state index contributed by atoms with van der Waals surface area (Å²) in [5.74, 6) is 2.05. The summed E-state index contributed by atoms with van der Waals surface area (Å²) in [6.45, 7) is 3.02. The van der Waals surface area contributed by atoms with Crippen molar-refractivity contribution in [2.45, 2.75) is 64.4 Å². The van der Waals surface area contributed by atoms with Crippen LogP contribution in [0.5, 0.6) is 0 Å². The summed E-state index contributed by atoms with van der Waals surface area (Å²) in [5.41, 5.74) is 0.624. The molecule has 1 spiro atoms. The molecule has 96 valence electrons. The fourth-order valence-corrected chi connectivity index (χ4v) is 4.06. The zero-order valence-corrected chi connectivity index (χ0v) is 11.2. The molecule has 0 unspecified atom stereocenters. The van der Waals surface area contributed by atoms with E-state index < -0.39 is 0 Å². The molecule has 17 heavy (non-hydrogen) atoms. The summed E-state index contributed by atoms with van der Waals surface area (Å²) in [4.78, 5) is 0. The van der Waals surface area contributed by atoms with E-state index in [0.717, 1.165) is 18.4 Å². The van der Waals surface area contributed by atoms with E-state index in [2.05, 4.69) is 19.1 Å². The standard InChI is InChI=1S/C16H26O/c1-2-17-15-5-3-13(4-6-15)14-7-9-16(10-8-14)11-12-16/h11-15H,2-10H2,1H3. The smallest absolute Gasteiger partial charge is 0.0575 e. The van der Waals surface area contributed by atoms with Gasteiger partial charge in [-0.05, 0) is 70.1 Å². The Hall–Kier alpha value is -0.300. The first-order valence-electron chi connectivity index (χ1n) is 7.63. The second-order valence-electron chi connectivity index (χ2n) is 6.40. The van der Waals surface area contributed by atoms with Crippen molar-refractivity contribution in [3.63, 3.8) is 0 Å². The Morgan fingerprint density at radius 2 is 1.53 bits per heavy atom. The molecule has 0 heterocycles. The molecule has 0 bridgehead atoms. The van der Waals surface area contributed by atoms with Gasteiger partial charge >= 0.3 is 0 Å². The van der Waals surface area contributed by atoms with Gasteiger partial charge in [0, 0.05) is 12.0 Å². The van der Waals surface area contributed by atoms with Crippen molar-refractivity contribution in [3.05, 3.63) is 12.2 Å². The lowest BCUT2D eigenvalue weighted by Crippen LogP contribution is -2.29. The molecule has 0 amide bonds. The molecule has 0 aromatic rings. The summed E-state index contributed by atoms with van der Waals surface area (Å²) in [6, 6.07) is 0. The summed E-state index contributed by atoms with van der Waals surface area (Å²) in [5, 5.41) is 0. The highest BCUT2D eigenvalue weighted by molar-refractivity contribution is 5.26. The van der Waals surface area contributed by atoms with Crippen LogP contribution < -0.4 is 0 Å². The van der Waals surface area contributed by atoms with Crippen molar-refractivity contribution in [3.8, 4) is 0 Å². The highest BCUT2D eigenvalue weighted by Crippen LogP contribution is 2.52. The predicted molar refractivity (Wildman–Crippen MR) is 70.9 cm³/mol. The minimum atomic E-state index is 0.580. The van der Waals surface area contributed by atoms with Gasteiger partial charge in [0.15, 0.2) is 0 Å². The minimum Gasteiger partial charge on any atom is -0.379 e. The van der Waals surface area contributed by atoms with Gasteiger partial charge in [0.25, 0.3) is 0 Å². The van der Waals surface area contributed by atoms with Gasteiger partial charge in [-0.15, -0.1) is 0 Å². The van der Waals surface area contributed by atoms with Crippen LogP contribution in [-0.2, 0) is 4.74 Å². The maximum atomic E-state index is 5.75. The quantitative estimate of drug-likeness (QED) is 0.660. The number of hydrogen-bond acceptors (Lipinski definition) is 1. The molecule has 3 aliphatic rings. The number of allylic oxidation sites excluding steroid dienone is 2. The lowest BCUT2D eigenvalue weighted by molar-refractivity contribution is 0.0136. The van der Waals surface area contributed by atoms with Crippen molar-refractivity contribution in [1.29, 1.82) is 0 Å². The molecule has 2 fully saturated rings. The fourth-order valence-electron chi connectivity index (χ4n) is 4.06. The summed E-state index contributed by atoms with van der Waals surface area (Å²) >= 11 is 0. The second-order valence-corrected chi connectivity index (χ2v) is 6.40. The zero-order chi connectivity index (χ0) is 11.7. The van der Waals surface area contributed by atoms with Crippen LogP contribution in [-0.4, -0.2) is 12.7 Å². The van der Waals surface area contributed by atoms with Gasteiger partial charge in [0.2, 0.25) is 0 Å². The second kappa shape index (κ2) is 4.76. The fraction of sp³-hybridized carbons (Fsp3) is 0.875. The van der Waals surface area contributed by atoms with Crippen LogP contribution in [0.1, 0.15) is 58.3 Å². The molecule has 0 radical (unpaired) electrons. The van der Waals surface area contributed by atoms with Crippen molar-refractivity contribution < 1.29 is 4.74 Å². The average molecular weight is 234 g/mol. The van der Waals surface area contributed by atoms with Gasteiger partial charge in [0.05, 0.1) is 6.10 Å². The molecule has 3 aliphatic carbocycles. The van der Waals surface area contributed by atoms with E-state index in [4.69, 9.17) is 4.74 Å². The Labute approximate surface area is 106 Å². The zero-order valence-electron chi connectivity index (χ0n) is 11.2. The predicted octanol–water partition coefficient (Wildman–Crippen LogP) is 4.33. The van der Waals surface area contributed by atoms with E-state index in [1.807, 2.05) is 0 Å². The van der Waals surface area contributed by atoms with Crippen LogP contribution in [0.15, 0.2) is 12.2 Å². The van der Waals surface area contributed by atoms with Gasteiger partial charge in [-0.25, -0.2) is 0 Å². The van der Waals surface area contributed by atoms with Crippen LogP contribution in [0.25, 0.3) is 0 Å². The third-order valence-electron chi connectivity index (χ3n) is 5.39. The first-order valence-corrected chi connectivity index (χ1v) is 7.63. The third kappa shape index (κ3) is 2.59. The number of hydrogen-bond donors (Lipinski definition) is 0. The monoisotopic (exact) mass is 234 g/mol. The minimum absolute atomic E-state index is 0.580. The highest BCUT2D eigenvalue weighted by Gasteiger charge is 2.40. The molecule has 3 rings (SSSR count).